The highest BCUT2D eigenvalue weighted by molar-refractivity contribution is 6.09. The maximum Gasteiger partial charge on any atom is 0.127 e. The quantitative estimate of drug-likeness (QED) is 0.347. The molecule has 3 aromatic carbocycles. The first kappa shape index (κ1) is 16.3. The molecule has 0 unspecified atom stereocenters. The van der Waals surface area contributed by atoms with Crippen LogP contribution < -0.4 is 4.74 Å². The van der Waals surface area contributed by atoms with Crippen LogP contribution in [-0.4, -0.2) is 9.55 Å². The highest BCUT2D eigenvalue weighted by Crippen LogP contribution is 2.34. The Morgan fingerprint density at radius 2 is 1.57 bits per heavy atom. The second-order valence-corrected chi connectivity index (χ2v) is 6.58. The first-order valence-electron chi connectivity index (χ1n) is 9.18. The van der Waals surface area contributed by atoms with Crippen molar-refractivity contribution >= 4 is 21.8 Å². The fourth-order valence-electron chi connectivity index (χ4n) is 3.70. The van der Waals surface area contributed by atoms with E-state index < -0.39 is 0 Å². The summed E-state index contributed by atoms with van der Waals surface area (Å²) in [6, 6.07) is 28.9. The molecule has 28 heavy (non-hydrogen) atoms. The van der Waals surface area contributed by atoms with E-state index in [-0.39, 0.29) is 0 Å². The fraction of sp³-hybridized carbons (Fsp3) is 0. The standard InChI is InChI=1S/C25H18N2O/c1-2-28-20-13-15-25-22(16-20)21-10-6-7-11-24(21)27(25)19-12-14-23(26-17-19)18-8-4-3-5-9-18/h2-17H,1H2. The zero-order valence-electron chi connectivity index (χ0n) is 15.2. The molecule has 5 aromatic rings. The molecule has 2 aromatic heterocycles. The van der Waals surface area contributed by atoms with Gasteiger partial charge in [-0.3, -0.25) is 4.98 Å². The molecule has 0 amide bonds. The molecule has 0 radical (unpaired) electrons. The van der Waals surface area contributed by atoms with E-state index in [0.717, 1.165) is 39.1 Å². The van der Waals surface area contributed by atoms with Crippen LogP contribution in [0.4, 0.5) is 0 Å². The molecule has 0 saturated carbocycles. The third kappa shape index (κ3) is 2.65. The molecule has 0 atom stereocenters. The van der Waals surface area contributed by atoms with E-state index in [4.69, 9.17) is 9.72 Å². The van der Waals surface area contributed by atoms with E-state index in [2.05, 4.69) is 71.8 Å². The molecule has 2 heterocycles. The number of aromatic nitrogens is 2. The van der Waals surface area contributed by atoms with Gasteiger partial charge in [0.1, 0.15) is 5.75 Å². The van der Waals surface area contributed by atoms with Gasteiger partial charge in [0, 0.05) is 16.3 Å². The highest BCUT2D eigenvalue weighted by atomic mass is 16.5. The van der Waals surface area contributed by atoms with Crippen LogP contribution in [0.15, 0.2) is 104 Å². The molecule has 0 aliphatic heterocycles. The molecular weight excluding hydrogens is 344 g/mol. The maximum absolute atomic E-state index is 5.48. The fourth-order valence-corrected chi connectivity index (χ4v) is 3.70. The van der Waals surface area contributed by atoms with Gasteiger partial charge in [-0.05, 0) is 36.4 Å². The second-order valence-electron chi connectivity index (χ2n) is 6.58. The average Bonchev–Trinajstić information content (AvgIpc) is 3.09. The van der Waals surface area contributed by atoms with Gasteiger partial charge in [0.25, 0.3) is 0 Å². The largest absolute Gasteiger partial charge is 0.466 e. The summed E-state index contributed by atoms with van der Waals surface area (Å²) in [5, 5.41) is 2.32. The lowest BCUT2D eigenvalue weighted by atomic mass is 10.1. The number of ether oxygens (including phenoxy) is 1. The van der Waals surface area contributed by atoms with Crippen molar-refractivity contribution in [3.8, 4) is 22.7 Å². The lowest BCUT2D eigenvalue weighted by Crippen LogP contribution is -1.95. The number of fused-ring (bicyclic) bond motifs is 3. The summed E-state index contributed by atoms with van der Waals surface area (Å²) in [5.41, 5.74) is 5.37. The van der Waals surface area contributed by atoms with Crippen LogP contribution in [0.25, 0.3) is 38.8 Å². The Balaban J connectivity index is 1.70. The summed E-state index contributed by atoms with van der Waals surface area (Å²) >= 11 is 0. The van der Waals surface area contributed by atoms with Crippen molar-refractivity contribution in [2.24, 2.45) is 0 Å². The van der Waals surface area contributed by atoms with Gasteiger partial charge in [-0.25, -0.2) is 0 Å². The molecular formula is C25H18N2O. The van der Waals surface area contributed by atoms with E-state index in [1.165, 1.54) is 11.6 Å². The Labute approximate surface area is 163 Å². The lowest BCUT2D eigenvalue weighted by Gasteiger charge is -2.09. The molecule has 3 heteroatoms. The minimum absolute atomic E-state index is 0.781. The van der Waals surface area contributed by atoms with Crippen LogP contribution in [-0.2, 0) is 0 Å². The summed E-state index contributed by atoms with van der Waals surface area (Å²) in [4.78, 5) is 4.71. The molecule has 0 N–H and O–H groups in total. The SMILES string of the molecule is C=COc1ccc2c(c1)c1ccccc1n2-c1ccc(-c2ccccc2)nc1. The summed E-state index contributed by atoms with van der Waals surface area (Å²) in [5.74, 6) is 0.781. The highest BCUT2D eigenvalue weighted by Gasteiger charge is 2.13. The van der Waals surface area contributed by atoms with Crippen molar-refractivity contribution in [3.63, 3.8) is 0 Å². The van der Waals surface area contributed by atoms with Crippen LogP contribution in [0.1, 0.15) is 0 Å². The van der Waals surface area contributed by atoms with E-state index in [1.807, 2.05) is 30.5 Å². The smallest absolute Gasteiger partial charge is 0.127 e. The van der Waals surface area contributed by atoms with E-state index in [9.17, 15) is 0 Å². The Morgan fingerprint density at radius 3 is 2.36 bits per heavy atom. The molecule has 0 aliphatic rings. The Hall–Kier alpha value is -3.85. The van der Waals surface area contributed by atoms with Crippen molar-refractivity contribution in [1.29, 1.82) is 0 Å². The van der Waals surface area contributed by atoms with Gasteiger partial charge in [0.2, 0.25) is 0 Å². The molecule has 3 nitrogen and oxygen atoms in total. The van der Waals surface area contributed by atoms with Crippen LogP contribution in [0, 0.1) is 0 Å². The van der Waals surface area contributed by atoms with Gasteiger partial charge in [0.05, 0.1) is 34.9 Å². The number of pyridine rings is 1. The number of para-hydroxylation sites is 1. The molecule has 0 bridgehead atoms. The summed E-state index contributed by atoms with van der Waals surface area (Å²) in [7, 11) is 0. The second kappa shape index (κ2) is 6.71. The predicted octanol–water partition coefficient (Wildman–Crippen LogP) is 6.37. The Morgan fingerprint density at radius 1 is 0.786 bits per heavy atom. The first-order chi connectivity index (χ1) is 13.8. The molecule has 0 fully saturated rings. The van der Waals surface area contributed by atoms with Crippen LogP contribution in [0.5, 0.6) is 5.75 Å². The molecule has 0 aliphatic carbocycles. The van der Waals surface area contributed by atoms with Crippen molar-refractivity contribution in [2.45, 2.75) is 0 Å². The average molecular weight is 362 g/mol. The van der Waals surface area contributed by atoms with Gasteiger partial charge in [-0.1, -0.05) is 55.1 Å². The number of nitrogens with zero attached hydrogens (tertiary/aromatic N) is 2. The zero-order chi connectivity index (χ0) is 18.9. The van der Waals surface area contributed by atoms with Gasteiger partial charge >= 0.3 is 0 Å². The monoisotopic (exact) mass is 362 g/mol. The van der Waals surface area contributed by atoms with Gasteiger partial charge < -0.3 is 9.30 Å². The third-order valence-corrected chi connectivity index (χ3v) is 4.94. The van der Waals surface area contributed by atoms with Crippen molar-refractivity contribution in [2.75, 3.05) is 0 Å². The number of rotatable bonds is 4. The third-order valence-electron chi connectivity index (χ3n) is 4.94. The van der Waals surface area contributed by atoms with Crippen LogP contribution >= 0.6 is 0 Å². The van der Waals surface area contributed by atoms with E-state index in [0.29, 0.717) is 0 Å². The molecule has 134 valence electrons. The minimum Gasteiger partial charge on any atom is -0.466 e. The maximum atomic E-state index is 5.48. The summed E-state index contributed by atoms with van der Waals surface area (Å²) < 4.78 is 7.73. The van der Waals surface area contributed by atoms with Crippen molar-refractivity contribution in [1.82, 2.24) is 9.55 Å². The van der Waals surface area contributed by atoms with Crippen LogP contribution in [0.3, 0.4) is 0 Å². The minimum atomic E-state index is 0.781. The van der Waals surface area contributed by atoms with Gasteiger partial charge in [-0.2, -0.15) is 0 Å². The normalized spacial score (nSPS) is 11.0. The topological polar surface area (TPSA) is 27.1 Å². The summed E-state index contributed by atoms with van der Waals surface area (Å²) in [6.45, 7) is 3.65. The number of benzene rings is 3. The number of hydrogen-bond acceptors (Lipinski definition) is 2. The molecule has 0 saturated heterocycles. The zero-order valence-corrected chi connectivity index (χ0v) is 15.2. The number of hydrogen-bond donors (Lipinski definition) is 0. The van der Waals surface area contributed by atoms with Crippen LogP contribution in [0.2, 0.25) is 0 Å². The Kier molecular flexibility index (Phi) is 3.91. The molecule has 0 spiro atoms. The predicted molar refractivity (Wildman–Crippen MR) is 115 cm³/mol. The van der Waals surface area contributed by atoms with Gasteiger partial charge in [-0.15, -0.1) is 0 Å². The summed E-state index contributed by atoms with van der Waals surface area (Å²) in [6.07, 6.45) is 3.38. The van der Waals surface area contributed by atoms with Gasteiger partial charge in [0.15, 0.2) is 0 Å². The van der Waals surface area contributed by atoms with E-state index in [1.54, 1.807) is 0 Å². The van der Waals surface area contributed by atoms with E-state index >= 15 is 0 Å². The molecule has 5 rings (SSSR count). The lowest BCUT2D eigenvalue weighted by molar-refractivity contribution is 0.484. The first-order valence-corrected chi connectivity index (χ1v) is 9.18. The Bertz CT molecular complexity index is 1290. The van der Waals surface area contributed by atoms with Crippen molar-refractivity contribution < 1.29 is 4.74 Å². The van der Waals surface area contributed by atoms with Crippen molar-refractivity contribution in [3.05, 3.63) is 104 Å².